The summed E-state index contributed by atoms with van der Waals surface area (Å²) in [6, 6.07) is 13.0. The number of aryl methyl sites for hydroxylation is 1. The van der Waals surface area contributed by atoms with Gasteiger partial charge >= 0.3 is 0 Å². The van der Waals surface area contributed by atoms with Crippen LogP contribution in [-0.4, -0.2) is 13.2 Å². The van der Waals surface area contributed by atoms with Gasteiger partial charge in [0.05, 0.1) is 12.1 Å². The third-order valence-corrected chi connectivity index (χ3v) is 3.77. The zero-order chi connectivity index (χ0) is 14.8. The van der Waals surface area contributed by atoms with Gasteiger partial charge in [-0.05, 0) is 50.6 Å². The highest BCUT2D eigenvalue weighted by Gasteiger charge is 2.24. The Morgan fingerprint density at radius 2 is 2.00 bits per heavy atom. The molecule has 1 N–H and O–H groups in total. The normalized spacial score (nSPS) is 15.8. The van der Waals surface area contributed by atoms with Crippen LogP contribution >= 0.6 is 0 Å². The fraction of sp³-hybridized carbons (Fsp3) is 0.333. The maximum absolute atomic E-state index is 14.1. The van der Waals surface area contributed by atoms with E-state index in [0.29, 0.717) is 11.7 Å². The van der Waals surface area contributed by atoms with Crippen molar-refractivity contribution in [2.45, 2.75) is 31.9 Å². The van der Waals surface area contributed by atoms with E-state index < -0.39 is 0 Å². The van der Waals surface area contributed by atoms with Crippen molar-refractivity contribution < 1.29 is 9.13 Å². The van der Waals surface area contributed by atoms with E-state index in [-0.39, 0.29) is 11.9 Å². The number of benzene rings is 2. The molecular formula is C18H20FNO. The molecular weight excluding hydrogens is 265 g/mol. The molecule has 1 aliphatic carbocycles. The smallest absolute Gasteiger partial charge is 0.128 e. The first-order valence-corrected chi connectivity index (χ1v) is 7.37. The SMILES string of the molecule is CNC(c1cccc(OC2CC2)c1)c1cc(C)ccc1F. The molecule has 21 heavy (non-hydrogen) atoms. The molecule has 1 fully saturated rings. The number of halogens is 1. The van der Waals surface area contributed by atoms with Crippen LogP contribution in [-0.2, 0) is 0 Å². The Morgan fingerprint density at radius 3 is 2.71 bits per heavy atom. The van der Waals surface area contributed by atoms with E-state index in [0.717, 1.165) is 29.7 Å². The van der Waals surface area contributed by atoms with E-state index >= 15 is 0 Å². The molecule has 2 aromatic rings. The summed E-state index contributed by atoms with van der Waals surface area (Å²) in [4.78, 5) is 0. The molecule has 1 unspecified atom stereocenters. The number of hydrogen-bond donors (Lipinski definition) is 1. The minimum atomic E-state index is -0.187. The van der Waals surface area contributed by atoms with Gasteiger partial charge in [-0.2, -0.15) is 0 Å². The van der Waals surface area contributed by atoms with Crippen molar-refractivity contribution in [2.24, 2.45) is 0 Å². The van der Waals surface area contributed by atoms with E-state index in [1.165, 1.54) is 6.07 Å². The lowest BCUT2D eigenvalue weighted by molar-refractivity contribution is 0.302. The zero-order valence-electron chi connectivity index (χ0n) is 12.4. The van der Waals surface area contributed by atoms with Crippen molar-refractivity contribution in [1.29, 1.82) is 0 Å². The largest absolute Gasteiger partial charge is 0.490 e. The van der Waals surface area contributed by atoms with Gasteiger partial charge in [0.25, 0.3) is 0 Å². The highest BCUT2D eigenvalue weighted by atomic mass is 19.1. The van der Waals surface area contributed by atoms with Crippen LogP contribution in [0.15, 0.2) is 42.5 Å². The molecule has 0 saturated heterocycles. The molecule has 3 rings (SSSR count). The average molecular weight is 285 g/mol. The van der Waals surface area contributed by atoms with Gasteiger partial charge in [0.1, 0.15) is 11.6 Å². The predicted octanol–water partition coefficient (Wildman–Crippen LogP) is 3.98. The number of hydrogen-bond acceptors (Lipinski definition) is 2. The van der Waals surface area contributed by atoms with Crippen molar-refractivity contribution in [3.63, 3.8) is 0 Å². The Hall–Kier alpha value is -1.87. The zero-order valence-corrected chi connectivity index (χ0v) is 12.4. The molecule has 110 valence electrons. The van der Waals surface area contributed by atoms with Gasteiger partial charge in [-0.15, -0.1) is 0 Å². The molecule has 1 saturated carbocycles. The monoisotopic (exact) mass is 285 g/mol. The molecule has 1 aliphatic rings. The molecule has 0 spiro atoms. The van der Waals surface area contributed by atoms with Gasteiger partial charge in [-0.3, -0.25) is 0 Å². The van der Waals surface area contributed by atoms with Crippen molar-refractivity contribution in [1.82, 2.24) is 5.32 Å². The molecule has 0 aliphatic heterocycles. The summed E-state index contributed by atoms with van der Waals surface area (Å²) in [6.45, 7) is 1.97. The van der Waals surface area contributed by atoms with Crippen LogP contribution in [0.1, 0.15) is 35.6 Å². The second-order valence-electron chi connectivity index (χ2n) is 5.64. The standard InChI is InChI=1S/C18H20FNO/c1-12-6-9-17(19)16(10-12)18(20-2)13-4-3-5-15(11-13)21-14-7-8-14/h3-6,9-11,14,18,20H,7-8H2,1-2H3. The number of rotatable bonds is 5. The lowest BCUT2D eigenvalue weighted by Gasteiger charge is -2.19. The molecule has 2 nitrogen and oxygen atoms in total. The van der Waals surface area contributed by atoms with Gasteiger partial charge in [0, 0.05) is 5.56 Å². The first-order chi connectivity index (χ1) is 10.2. The van der Waals surface area contributed by atoms with Crippen LogP contribution in [0, 0.1) is 12.7 Å². The summed E-state index contributed by atoms with van der Waals surface area (Å²) in [6.07, 6.45) is 2.63. The lowest BCUT2D eigenvalue weighted by atomic mass is 9.97. The third-order valence-electron chi connectivity index (χ3n) is 3.77. The van der Waals surface area contributed by atoms with Crippen molar-refractivity contribution in [3.05, 3.63) is 65.0 Å². The summed E-state index contributed by atoms with van der Waals surface area (Å²) in [5, 5.41) is 3.20. The van der Waals surface area contributed by atoms with Gasteiger partial charge in [-0.25, -0.2) is 4.39 Å². The quantitative estimate of drug-likeness (QED) is 0.897. The molecule has 0 amide bonds. The summed E-state index contributed by atoms with van der Waals surface area (Å²) in [7, 11) is 1.85. The summed E-state index contributed by atoms with van der Waals surface area (Å²) in [5.41, 5.74) is 2.73. The summed E-state index contributed by atoms with van der Waals surface area (Å²) in [5.74, 6) is 0.678. The fourth-order valence-corrected chi connectivity index (χ4v) is 2.53. The maximum atomic E-state index is 14.1. The first kappa shape index (κ1) is 14.1. The maximum Gasteiger partial charge on any atom is 0.128 e. The lowest BCUT2D eigenvalue weighted by Crippen LogP contribution is -2.19. The molecule has 0 aromatic heterocycles. The minimum absolute atomic E-state index is 0.173. The van der Waals surface area contributed by atoms with Crippen molar-refractivity contribution in [3.8, 4) is 5.75 Å². The topological polar surface area (TPSA) is 21.3 Å². The average Bonchev–Trinajstić information content (AvgIpc) is 3.28. The first-order valence-electron chi connectivity index (χ1n) is 7.37. The fourth-order valence-electron chi connectivity index (χ4n) is 2.53. The van der Waals surface area contributed by atoms with Gasteiger partial charge in [0.2, 0.25) is 0 Å². The van der Waals surface area contributed by atoms with Gasteiger partial charge in [0.15, 0.2) is 0 Å². The van der Waals surface area contributed by atoms with E-state index in [1.807, 2.05) is 44.3 Å². The molecule has 0 bridgehead atoms. The molecule has 1 atom stereocenters. The molecule has 2 aromatic carbocycles. The molecule has 0 heterocycles. The summed E-state index contributed by atoms with van der Waals surface area (Å²) < 4.78 is 20.0. The minimum Gasteiger partial charge on any atom is -0.490 e. The van der Waals surface area contributed by atoms with Crippen LogP contribution in [0.2, 0.25) is 0 Å². The Bertz CT molecular complexity index is 637. The second kappa shape index (κ2) is 5.86. The Morgan fingerprint density at radius 1 is 1.19 bits per heavy atom. The van der Waals surface area contributed by atoms with E-state index in [4.69, 9.17) is 4.74 Å². The Labute approximate surface area is 125 Å². The predicted molar refractivity (Wildman–Crippen MR) is 82.1 cm³/mol. The summed E-state index contributed by atoms with van der Waals surface area (Å²) >= 11 is 0. The molecule has 3 heteroatoms. The van der Waals surface area contributed by atoms with Gasteiger partial charge < -0.3 is 10.1 Å². The Balaban J connectivity index is 1.93. The molecule has 0 radical (unpaired) electrons. The van der Waals surface area contributed by atoms with Crippen LogP contribution in [0.25, 0.3) is 0 Å². The van der Waals surface area contributed by atoms with E-state index in [1.54, 1.807) is 6.07 Å². The van der Waals surface area contributed by atoms with Crippen molar-refractivity contribution in [2.75, 3.05) is 7.05 Å². The third kappa shape index (κ3) is 3.24. The van der Waals surface area contributed by atoms with Crippen LogP contribution < -0.4 is 10.1 Å². The number of ether oxygens (including phenoxy) is 1. The van der Waals surface area contributed by atoms with Crippen LogP contribution in [0.3, 0.4) is 0 Å². The highest BCUT2D eigenvalue weighted by Crippen LogP contribution is 2.30. The van der Waals surface area contributed by atoms with Crippen LogP contribution in [0.5, 0.6) is 5.75 Å². The van der Waals surface area contributed by atoms with E-state index in [2.05, 4.69) is 5.32 Å². The van der Waals surface area contributed by atoms with Crippen molar-refractivity contribution >= 4 is 0 Å². The van der Waals surface area contributed by atoms with Crippen LogP contribution in [0.4, 0.5) is 4.39 Å². The number of nitrogens with one attached hydrogen (secondary N) is 1. The van der Waals surface area contributed by atoms with E-state index in [9.17, 15) is 4.39 Å². The highest BCUT2D eigenvalue weighted by molar-refractivity contribution is 5.38. The second-order valence-corrected chi connectivity index (χ2v) is 5.64. The Kier molecular flexibility index (Phi) is 3.93. The van der Waals surface area contributed by atoms with Gasteiger partial charge in [-0.1, -0.05) is 29.8 Å².